The quantitative estimate of drug-likeness (QED) is 0.175. The molecular formula is C30H45NO5. The van der Waals surface area contributed by atoms with E-state index in [0.717, 1.165) is 0 Å². The summed E-state index contributed by atoms with van der Waals surface area (Å²) < 4.78 is 12.2. The standard InChI is InChI=1S/C30H45NO5/c1-12-16-31(15-4)25(11)36-30(14-3)18-21(7)27(32)20(6)17-19(5)22(8)23(9)28(33)24(10)29(34)35-26(30)13-2/h12,14-16,18-20,22-24,26H,3-4,11,13,17H2,1-2,5-10H3/b16-12-,21-18+/t19-,20+,22-,23+,24+,26+,30-/m0/s1. The molecule has 0 N–H and O–H groups in total. The van der Waals surface area contributed by atoms with Crippen molar-refractivity contribution in [2.24, 2.45) is 29.6 Å². The molecule has 0 aromatic carbocycles. The lowest BCUT2D eigenvalue weighted by Gasteiger charge is -2.38. The number of Topliss-reactive ketones (excluding diaryl/α,β-unsaturated/α-hetero) is 2. The van der Waals surface area contributed by atoms with Gasteiger partial charge in [-0.25, -0.2) is 0 Å². The molecule has 36 heavy (non-hydrogen) atoms. The van der Waals surface area contributed by atoms with Gasteiger partial charge in [0.1, 0.15) is 17.8 Å². The molecule has 0 amide bonds. The summed E-state index contributed by atoms with van der Waals surface area (Å²) in [5.74, 6) is -2.06. The summed E-state index contributed by atoms with van der Waals surface area (Å²) in [6.45, 7) is 26.6. The zero-order valence-electron chi connectivity index (χ0n) is 23.4. The molecule has 0 aromatic rings. The first-order valence-electron chi connectivity index (χ1n) is 12.8. The fourth-order valence-electron chi connectivity index (χ4n) is 4.76. The second-order valence-corrected chi connectivity index (χ2v) is 10.0. The number of hydrogen-bond donors (Lipinski definition) is 0. The molecule has 0 aliphatic carbocycles. The molecule has 0 saturated heterocycles. The van der Waals surface area contributed by atoms with Crippen molar-refractivity contribution >= 4 is 17.5 Å². The van der Waals surface area contributed by atoms with E-state index in [0.29, 0.717) is 18.4 Å². The monoisotopic (exact) mass is 499 g/mol. The highest BCUT2D eigenvalue weighted by Crippen LogP contribution is 2.34. The molecule has 200 valence electrons. The van der Waals surface area contributed by atoms with E-state index in [9.17, 15) is 14.4 Å². The topological polar surface area (TPSA) is 72.9 Å². The van der Waals surface area contributed by atoms with Crippen LogP contribution in [-0.2, 0) is 23.9 Å². The second-order valence-electron chi connectivity index (χ2n) is 10.0. The zero-order valence-corrected chi connectivity index (χ0v) is 23.4. The Morgan fingerprint density at radius 3 is 2.31 bits per heavy atom. The second kappa shape index (κ2) is 13.4. The summed E-state index contributed by atoms with van der Waals surface area (Å²) in [5.41, 5.74) is -0.920. The first-order chi connectivity index (χ1) is 16.8. The van der Waals surface area contributed by atoms with Crippen molar-refractivity contribution in [1.29, 1.82) is 0 Å². The van der Waals surface area contributed by atoms with Crippen LogP contribution in [0.4, 0.5) is 0 Å². The smallest absolute Gasteiger partial charge is 0.316 e. The van der Waals surface area contributed by atoms with Gasteiger partial charge in [0.25, 0.3) is 0 Å². The van der Waals surface area contributed by atoms with Crippen LogP contribution in [0.3, 0.4) is 0 Å². The molecule has 1 heterocycles. The van der Waals surface area contributed by atoms with Gasteiger partial charge in [0.15, 0.2) is 17.3 Å². The molecule has 1 aliphatic heterocycles. The van der Waals surface area contributed by atoms with E-state index < -0.39 is 23.6 Å². The number of hydrogen-bond acceptors (Lipinski definition) is 6. The lowest BCUT2D eigenvalue weighted by Crippen LogP contribution is -2.47. The minimum Gasteiger partial charge on any atom is -0.460 e. The Morgan fingerprint density at radius 2 is 1.81 bits per heavy atom. The summed E-state index contributed by atoms with van der Waals surface area (Å²) in [4.78, 5) is 41.4. The van der Waals surface area contributed by atoms with E-state index in [4.69, 9.17) is 9.47 Å². The van der Waals surface area contributed by atoms with E-state index in [2.05, 4.69) is 19.7 Å². The van der Waals surface area contributed by atoms with Crippen LogP contribution in [-0.4, -0.2) is 34.1 Å². The summed E-state index contributed by atoms with van der Waals surface area (Å²) in [6, 6.07) is 0. The number of allylic oxidation sites excluding steroid dienone is 2. The number of carbonyl (C=O) groups is 3. The maximum Gasteiger partial charge on any atom is 0.316 e. The maximum atomic E-state index is 13.4. The van der Waals surface area contributed by atoms with Gasteiger partial charge in [-0.1, -0.05) is 53.9 Å². The third kappa shape index (κ3) is 7.08. The first kappa shape index (κ1) is 31.1. The predicted octanol–water partition coefficient (Wildman–Crippen LogP) is 6.37. The lowest BCUT2D eigenvalue weighted by molar-refractivity contribution is -0.166. The molecule has 7 atom stereocenters. The van der Waals surface area contributed by atoms with E-state index >= 15 is 0 Å². The van der Waals surface area contributed by atoms with Crippen molar-refractivity contribution in [2.45, 2.75) is 79.9 Å². The Kier molecular flexibility index (Phi) is 11.6. The van der Waals surface area contributed by atoms with Gasteiger partial charge in [-0.2, -0.15) is 0 Å². The van der Waals surface area contributed by atoms with Gasteiger partial charge in [0.05, 0.1) is 0 Å². The van der Waals surface area contributed by atoms with E-state index in [1.165, 1.54) is 12.3 Å². The molecule has 0 bridgehead atoms. The Bertz CT molecular complexity index is 916. The van der Waals surface area contributed by atoms with Gasteiger partial charge in [-0.05, 0) is 69.8 Å². The molecule has 0 unspecified atom stereocenters. The van der Waals surface area contributed by atoms with Crippen LogP contribution in [0.1, 0.15) is 68.2 Å². The van der Waals surface area contributed by atoms with Gasteiger partial charge in [-0.3, -0.25) is 19.3 Å². The van der Waals surface area contributed by atoms with Crippen LogP contribution in [0.25, 0.3) is 0 Å². The van der Waals surface area contributed by atoms with Crippen LogP contribution < -0.4 is 0 Å². The number of esters is 1. The van der Waals surface area contributed by atoms with Gasteiger partial charge in [0.2, 0.25) is 0 Å². The Balaban J connectivity index is 3.73. The number of ether oxygens (including phenoxy) is 2. The van der Waals surface area contributed by atoms with E-state index in [-0.39, 0.29) is 41.1 Å². The minimum atomic E-state index is -1.40. The largest absolute Gasteiger partial charge is 0.460 e. The molecule has 0 radical (unpaired) electrons. The zero-order chi connectivity index (χ0) is 27.8. The molecule has 6 nitrogen and oxygen atoms in total. The summed E-state index contributed by atoms with van der Waals surface area (Å²) in [6.07, 6.45) is 8.34. The third-order valence-electron chi connectivity index (χ3n) is 7.46. The minimum absolute atomic E-state index is 0.00706. The Morgan fingerprint density at radius 1 is 1.19 bits per heavy atom. The van der Waals surface area contributed by atoms with Crippen molar-refractivity contribution in [3.05, 3.63) is 61.8 Å². The van der Waals surface area contributed by atoms with Gasteiger partial charge in [-0.15, -0.1) is 0 Å². The van der Waals surface area contributed by atoms with E-state index in [1.54, 1.807) is 37.1 Å². The van der Waals surface area contributed by atoms with Crippen molar-refractivity contribution in [3.8, 4) is 0 Å². The number of carbonyl (C=O) groups excluding carboxylic acids is 3. The number of ketones is 2. The highest BCUT2D eigenvalue weighted by molar-refractivity contribution is 6.00. The molecule has 0 saturated carbocycles. The van der Waals surface area contributed by atoms with Gasteiger partial charge in [0, 0.05) is 24.2 Å². The van der Waals surface area contributed by atoms with Crippen LogP contribution in [0.5, 0.6) is 0 Å². The number of cyclic esters (lactones) is 1. The molecule has 0 aromatic heterocycles. The molecule has 0 fully saturated rings. The molecular weight excluding hydrogens is 454 g/mol. The summed E-state index contributed by atoms with van der Waals surface area (Å²) >= 11 is 0. The van der Waals surface area contributed by atoms with Crippen molar-refractivity contribution in [1.82, 2.24) is 4.90 Å². The SMILES string of the molecule is C=CN(/C=C\C)C(=C)O[C@@]1(C=C)/C=C(\C)C(=O)[C@H](C)C[C@H](C)[C@H](C)[C@@H](C)C(=O)[C@@H](C)C(=O)O[C@@H]1CC. The average molecular weight is 500 g/mol. The van der Waals surface area contributed by atoms with Gasteiger partial charge < -0.3 is 9.47 Å². The average Bonchev–Trinajstić information content (AvgIpc) is 2.86. The fourth-order valence-corrected chi connectivity index (χ4v) is 4.76. The maximum absolute atomic E-state index is 13.4. The summed E-state index contributed by atoms with van der Waals surface area (Å²) in [5, 5.41) is 0. The normalized spacial score (nSPS) is 34.2. The first-order valence-corrected chi connectivity index (χ1v) is 12.8. The van der Waals surface area contributed by atoms with Crippen LogP contribution in [0.2, 0.25) is 0 Å². The van der Waals surface area contributed by atoms with Crippen LogP contribution in [0.15, 0.2) is 61.8 Å². The van der Waals surface area contributed by atoms with Crippen molar-refractivity contribution in [3.63, 3.8) is 0 Å². The predicted molar refractivity (Wildman–Crippen MR) is 144 cm³/mol. The van der Waals surface area contributed by atoms with Crippen molar-refractivity contribution < 1.29 is 23.9 Å². The highest BCUT2D eigenvalue weighted by Gasteiger charge is 2.43. The highest BCUT2D eigenvalue weighted by atomic mass is 16.6. The molecule has 6 heteroatoms. The van der Waals surface area contributed by atoms with Gasteiger partial charge >= 0.3 is 5.97 Å². The van der Waals surface area contributed by atoms with E-state index in [1.807, 2.05) is 41.5 Å². The summed E-state index contributed by atoms with van der Waals surface area (Å²) in [7, 11) is 0. The fraction of sp³-hybridized carbons (Fsp3) is 0.567. The lowest BCUT2D eigenvalue weighted by atomic mass is 9.75. The van der Waals surface area contributed by atoms with Crippen LogP contribution in [0, 0.1) is 29.6 Å². The molecule has 0 spiro atoms. The molecule has 1 rings (SSSR count). The Labute approximate surface area is 217 Å². The third-order valence-corrected chi connectivity index (χ3v) is 7.46. The Hall–Kier alpha value is -2.89. The van der Waals surface area contributed by atoms with Crippen molar-refractivity contribution in [2.75, 3.05) is 0 Å². The molecule has 1 aliphatic rings. The number of nitrogens with zero attached hydrogens (tertiary/aromatic N) is 1. The number of rotatable bonds is 7. The van der Waals surface area contributed by atoms with Crippen LogP contribution >= 0.6 is 0 Å².